The van der Waals surface area contributed by atoms with Gasteiger partial charge in [0.05, 0.1) is 19.2 Å². The predicted octanol–water partition coefficient (Wildman–Crippen LogP) is 5.71. The number of rotatable bonds is 5. The van der Waals surface area contributed by atoms with Gasteiger partial charge in [-0.05, 0) is 36.6 Å². The maximum Gasteiger partial charge on any atom is 0.432 e. The van der Waals surface area contributed by atoms with Crippen molar-refractivity contribution in [2.75, 3.05) is 12.4 Å². The number of nitrogens with one attached hydrogen (secondary N) is 1. The largest absolute Gasteiger partial charge is 0.497 e. The van der Waals surface area contributed by atoms with Gasteiger partial charge in [-0.2, -0.15) is 18.2 Å². The number of hydroxylamine groups is 1. The monoisotopic (exact) mass is 479 g/mol. The number of hydrazine groups is 1. The van der Waals surface area contributed by atoms with Crippen LogP contribution in [0, 0.1) is 0 Å². The van der Waals surface area contributed by atoms with E-state index in [2.05, 4.69) is 5.32 Å². The van der Waals surface area contributed by atoms with Gasteiger partial charge in [-0.15, -0.1) is 0 Å². The molecule has 1 N–H and O–H groups in total. The van der Waals surface area contributed by atoms with E-state index in [-0.39, 0.29) is 5.56 Å². The minimum atomic E-state index is -4.61. The van der Waals surface area contributed by atoms with Gasteiger partial charge >= 0.3 is 18.4 Å². The number of anilines is 1. The normalized spacial score (nSPS) is 18.0. The Morgan fingerprint density at radius 2 is 1.85 bits per heavy atom. The van der Waals surface area contributed by atoms with E-state index in [4.69, 9.17) is 14.3 Å². The number of ether oxygens (including phenoxy) is 2. The van der Waals surface area contributed by atoms with Gasteiger partial charge in [-0.1, -0.05) is 30.7 Å². The Morgan fingerprint density at radius 3 is 2.56 bits per heavy atom. The number of methoxy groups -OCH3 is 1. The molecule has 1 aliphatic carbocycles. The van der Waals surface area contributed by atoms with E-state index >= 15 is 0 Å². The van der Waals surface area contributed by atoms with Crippen LogP contribution in [0.15, 0.2) is 48.5 Å². The maximum absolute atomic E-state index is 13.5. The summed E-state index contributed by atoms with van der Waals surface area (Å²) in [5.74, 6) is 0.506. The Balaban J connectivity index is 1.60. The molecule has 1 saturated carbocycles. The van der Waals surface area contributed by atoms with Gasteiger partial charge in [0.1, 0.15) is 5.75 Å². The number of carbonyl (C=O) groups is 2. The second kappa shape index (κ2) is 9.41. The fourth-order valence-electron chi connectivity index (χ4n) is 4.22. The van der Waals surface area contributed by atoms with Crippen LogP contribution in [0.25, 0.3) is 0 Å². The summed E-state index contributed by atoms with van der Waals surface area (Å²) in [5, 5.41) is 4.45. The average molecular weight is 479 g/mol. The van der Waals surface area contributed by atoms with Crippen LogP contribution in [0.1, 0.15) is 43.2 Å². The van der Waals surface area contributed by atoms with Crippen molar-refractivity contribution >= 4 is 17.9 Å². The highest BCUT2D eigenvalue weighted by molar-refractivity contribution is 5.84. The smallest absolute Gasteiger partial charge is 0.432 e. The van der Waals surface area contributed by atoms with Crippen LogP contribution in [0.4, 0.5) is 28.4 Å². The highest BCUT2D eigenvalue weighted by Crippen LogP contribution is 2.42. The third-order valence-electron chi connectivity index (χ3n) is 5.82. The number of hydrogen-bond donors (Lipinski definition) is 1. The summed E-state index contributed by atoms with van der Waals surface area (Å²) in [4.78, 5) is 31.0. The van der Waals surface area contributed by atoms with Crippen LogP contribution in [-0.2, 0) is 22.3 Å². The summed E-state index contributed by atoms with van der Waals surface area (Å²) in [7, 11) is 1.48. The third-order valence-corrected chi connectivity index (χ3v) is 5.82. The van der Waals surface area contributed by atoms with E-state index in [1.807, 2.05) is 0 Å². The van der Waals surface area contributed by atoms with Crippen LogP contribution in [0.5, 0.6) is 5.75 Å². The number of amides is 2. The number of benzene rings is 2. The standard InChI is InChI=1S/C23H24F3N3O5/c1-32-18-10-7-9-17(14-18)27-20(30)34-29-22(12-5-2-6-13-22)33-21(31)28(29)15-16-8-3-4-11-19(16)23(24,25)26/h3-4,7-11,14H,2,5-6,12-13,15H2,1H3,(H,27,30). The summed E-state index contributed by atoms with van der Waals surface area (Å²) in [6.07, 6.45) is -3.35. The van der Waals surface area contributed by atoms with Gasteiger partial charge in [0.2, 0.25) is 5.72 Å². The van der Waals surface area contributed by atoms with E-state index in [9.17, 15) is 22.8 Å². The van der Waals surface area contributed by atoms with Gasteiger partial charge in [-0.25, -0.2) is 9.59 Å². The highest BCUT2D eigenvalue weighted by Gasteiger charge is 2.56. The van der Waals surface area contributed by atoms with E-state index in [0.29, 0.717) is 37.1 Å². The van der Waals surface area contributed by atoms with Crippen molar-refractivity contribution in [3.8, 4) is 5.75 Å². The topological polar surface area (TPSA) is 80.3 Å². The summed E-state index contributed by atoms with van der Waals surface area (Å²) in [6.45, 7) is -0.483. The Bertz CT molecular complexity index is 1060. The third kappa shape index (κ3) is 4.89. The molecule has 4 rings (SSSR count). The van der Waals surface area contributed by atoms with Crippen LogP contribution in [0.2, 0.25) is 0 Å². The van der Waals surface area contributed by atoms with E-state index in [1.54, 1.807) is 24.3 Å². The molecule has 34 heavy (non-hydrogen) atoms. The lowest BCUT2D eigenvalue weighted by molar-refractivity contribution is -0.298. The van der Waals surface area contributed by atoms with Crippen molar-refractivity contribution in [2.24, 2.45) is 0 Å². The molecule has 2 aromatic carbocycles. The van der Waals surface area contributed by atoms with Gasteiger partial charge in [0.25, 0.3) is 0 Å². The molecule has 2 aliphatic rings. The molecule has 0 unspecified atom stereocenters. The number of hydrogen-bond acceptors (Lipinski definition) is 6. The summed E-state index contributed by atoms with van der Waals surface area (Å²) in [5.41, 5.74) is -1.92. The molecule has 1 saturated heterocycles. The summed E-state index contributed by atoms with van der Waals surface area (Å²) >= 11 is 0. The van der Waals surface area contributed by atoms with Gasteiger partial charge in [0, 0.05) is 29.8 Å². The van der Waals surface area contributed by atoms with Crippen molar-refractivity contribution in [3.05, 3.63) is 59.7 Å². The molecule has 11 heteroatoms. The Morgan fingerprint density at radius 1 is 1.12 bits per heavy atom. The quantitative estimate of drug-likeness (QED) is 0.592. The van der Waals surface area contributed by atoms with Crippen molar-refractivity contribution in [2.45, 2.75) is 50.6 Å². The molecule has 182 valence electrons. The number of nitrogens with zero attached hydrogens (tertiary/aromatic N) is 2. The molecule has 2 fully saturated rings. The first-order valence-electron chi connectivity index (χ1n) is 10.8. The summed E-state index contributed by atoms with van der Waals surface area (Å²) < 4.78 is 51.3. The number of carbonyl (C=O) groups excluding carboxylic acids is 2. The molecule has 0 radical (unpaired) electrons. The van der Waals surface area contributed by atoms with Crippen molar-refractivity contribution in [3.63, 3.8) is 0 Å². The second-order valence-corrected chi connectivity index (χ2v) is 8.10. The average Bonchev–Trinajstić information content (AvgIpc) is 3.04. The molecule has 1 spiro atoms. The lowest BCUT2D eigenvalue weighted by Crippen LogP contribution is -2.52. The molecule has 1 aliphatic heterocycles. The minimum absolute atomic E-state index is 0.151. The van der Waals surface area contributed by atoms with Gasteiger partial charge < -0.3 is 14.3 Å². The lowest BCUT2D eigenvalue weighted by atomic mass is 9.92. The molecule has 2 aromatic rings. The van der Waals surface area contributed by atoms with Crippen LogP contribution >= 0.6 is 0 Å². The van der Waals surface area contributed by atoms with E-state index in [1.165, 1.54) is 25.3 Å². The van der Waals surface area contributed by atoms with E-state index in [0.717, 1.165) is 22.7 Å². The Hall–Kier alpha value is -3.47. The van der Waals surface area contributed by atoms with Gasteiger partial charge in [-0.3, -0.25) is 5.32 Å². The highest BCUT2D eigenvalue weighted by atomic mass is 19.4. The fourth-order valence-corrected chi connectivity index (χ4v) is 4.22. The molecule has 0 atom stereocenters. The van der Waals surface area contributed by atoms with Crippen molar-refractivity contribution in [1.82, 2.24) is 10.2 Å². The molecule has 8 nitrogen and oxygen atoms in total. The second-order valence-electron chi connectivity index (χ2n) is 8.10. The van der Waals surface area contributed by atoms with Crippen LogP contribution < -0.4 is 10.1 Å². The molecule has 0 bridgehead atoms. The summed E-state index contributed by atoms with van der Waals surface area (Å²) in [6, 6.07) is 11.5. The zero-order chi connectivity index (χ0) is 24.3. The Labute approximate surface area is 194 Å². The fraction of sp³-hybridized carbons (Fsp3) is 0.391. The van der Waals surface area contributed by atoms with E-state index < -0.39 is 36.2 Å². The minimum Gasteiger partial charge on any atom is -0.497 e. The first-order chi connectivity index (χ1) is 16.2. The predicted molar refractivity (Wildman–Crippen MR) is 114 cm³/mol. The lowest BCUT2D eigenvalue weighted by Gasteiger charge is -2.37. The molecule has 1 heterocycles. The van der Waals surface area contributed by atoms with Crippen LogP contribution in [0.3, 0.4) is 0 Å². The number of alkyl halides is 3. The van der Waals surface area contributed by atoms with Crippen LogP contribution in [-0.4, -0.2) is 35.2 Å². The number of halogens is 3. The SMILES string of the molecule is COc1cccc(NC(=O)ON2N(Cc3ccccc3C(F)(F)F)C(=O)OC23CCCCC3)c1. The molecule has 0 aromatic heterocycles. The zero-order valence-electron chi connectivity index (χ0n) is 18.4. The first-order valence-corrected chi connectivity index (χ1v) is 10.8. The molecule has 2 amide bonds. The molecular formula is C23H24F3N3O5. The van der Waals surface area contributed by atoms with Crippen molar-refractivity contribution in [1.29, 1.82) is 0 Å². The Kier molecular flexibility index (Phi) is 6.56. The van der Waals surface area contributed by atoms with Gasteiger partial charge in [0.15, 0.2) is 0 Å². The first kappa shape index (κ1) is 23.7. The van der Waals surface area contributed by atoms with Crippen molar-refractivity contribution < 1.29 is 37.1 Å². The maximum atomic E-state index is 13.5. The zero-order valence-corrected chi connectivity index (χ0v) is 18.4. The molecular weight excluding hydrogens is 455 g/mol.